The average molecular weight is 417 g/mol. The number of ether oxygens (including phenoxy) is 1. The molecule has 1 saturated heterocycles. The number of benzene rings is 2. The van der Waals surface area contributed by atoms with Gasteiger partial charge < -0.3 is 14.5 Å². The largest absolute Gasteiger partial charge is 0.484 e. The standard InChI is InChI=1S/C25H28N4O2/c1-3-20-8-10-21(11-9-20)22-12-13-24(27-26-22)28-14-16-29(17-15-28)25(30)18-31-23-7-5-4-6-19(23)2/h4-13H,3,14-18H2,1-2H3. The molecule has 4 rings (SSSR count). The number of nitrogens with zero attached hydrogens (tertiary/aromatic N) is 4. The fraction of sp³-hybridized carbons (Fsp3) is 0.320. The van der Waals surface area contributed by atoms with Gasteiger partial charge in [0.25, 0.3) is 5.91 Å². The van der Waals surface area contributed by atoms with Crippen molar-refractivity contribution >= 4 is 11.7 Å². The van der Waals surface area contributed by atoms with E-state index in [9.17, 15) is 4.79 Å². The van der Waals surface area contributed by atoms with Gasteiger partial charge in [-0.25, -0.2) is 0 Å². The fourth-order valence-corrected chi connectivity index (χ4v) is 3.69. The maximum absolute atomic E-state index is 12.5. The van der Waals surface area contributed by atoms with Crippen LogP contribution >= 0.6 is 0 Å². The summed E-state index contributed by atoms with van der Waals surface area (Å²) in [5.74, 6) is 1.62. The van der Waals surface area contributed by atoms with Crippen LogP contribution in [0.5, 0.6) is 5.75 Å². The molecule has 0 saturated carbocycles. The van der Waals surface area contributed by atoms with Gasteiger partial charge >= 0.3 is 0 Å². The van der Waals surface area contributed by atoms with Crippen LogP contribution in [0.3, 0.4) is 0 Å². The molecule has 2 aromatic carbocycles. The van der Waals surface area contributed by atoms with E-state index in [4.69, 9.17) is 4.74 Å². The topological polar surface area (TPSA) is 58.6 Å². The molecule has 0 atom stereocenters. The number of rotatable bonds is 6. The minimum atomic E-state index is 0.0138. The Hall–Kier alpha value is -3.41. The third-order valence-electron chi connectivity index (χ3n) is 5.71. The molecular weight excluding hydrogens is 388 g/mol. The highest BCUT2D eigenvalue weighted by Gasteiger charge is 2.22. The van der Waals surface area contributed by atoms with Gasteiger partial charge in [0.1, 0.15) is 5.75 Å². The first-order chi connectivity index (χ1) is 15.1. The molecule has 6 nitrogen and oxygen atoms in total. The molecule has 0 spiro atoms. The lowest BCUT2D eigenvalue weighted by molar-refractivity contribution is -0.133. The molecule has 1 aliphatic rings. The zero-order chi connectivity index (χ0) is 21.6. The minimum absolute atomic E-state index is 0.0138. The van der Waals surface area contributed by atoms with E-state index in [2.05, 4.69) is 46.3 Å². The van der Waals surface area contributed by atoms with Gasteiger partial charge in [0.15, 0.2) is 12.4 Å². The van der Waals surface area contributed by atoms with Crippen LogP contribution in [0.4, 0.5) is 5.82 Å². The van der Waals surface area contributed by atoms with Crippen molar-refractivity contribution in [3.8, 4) is 17.0 Å². The number of piperazine rings is 1. The Morgan fingerprint density at radius 1 is 0.935 bits per heavy atom. The maximum Gasteiger partial charge on any atom is 0.260 e. The number of carbonyl (C=O) groups is 1. The summed E-state index contributed by atoms with van der Waals surface area (Å²) in [4.78, 5) is 16.6. The lowest BCUT2D eigenvalue weighted by Crippen LogP contribution is -2.50. The highest BCUT2D eigenvalue weighted by Crippen LogP contribution is 2.20. The number of anilines is 1. The second kappa shape index (κ2) is 9.60. The van der Waals surface area contributed by atoms with Gasteiger partial charge in [-0.2, -0.15) is 0 Å². The van der Waals surface area contributed by atoms with Crippen molar-refractivity contribution in [1.29, 1.82) is 0 Å². The number of amides is 1. The van der Waals surface area contributed by atoms with Crippen LogP contribution < -0.4 is 9.64 Å². The zero-order valence-corrected chi connectivity index (χ0v) is 18.1. The summed E-state index contributed by atoms with van der Waals surface area (Å²) in [5, 5.41) is 8.84. The van der Waals surface area contributed by atoms with Crippen molar-refractivity contribution in [3.63, 3.8) is 0 Å². The maximum atomic E-state index is 12.5. The van der Waals surface area contributed by atoms with E-state index in [0.29, 0.717) is 13.1 Å². The molecule has 0 unspecified atom stereocenters. The SMILES string of the molecule is CCc1ccc(-c2ccc(N3CCN(C(=O)COc4ccccc4C)CC3)nn2)cc1. The normalized spacial score (nSPS) is 13.9. The molecule has 160 valence electrons. The monoisotopic (exact) mass is 416 g/mol. The van der Waals surface area contributed by atoms with Gasteiger partial charge in [-0.05, 0) is 42.7 Å². The van der Waals surface area contributed by atoms with Crippen LogP contribution in [-0.2, 0) is 11.2 Å². The van der Waals surface area contributed by atoms with Gasteiger partial charge in [0.2, 0.25) is 0 Å². The highest BCUT2D eigenvalue weighted by molar-refractivity contribution is 5.78. The predicted molar refractivity (Wildman–Crippen MR) is 122 cm³/mol. The Morgan fingerprint density at radius 2 is 1.68 bits per heavy atom. The van der Waals surface area contributed by atoms with Crippen molar-refractivity contribution in [2.45, 2.75) is 20.3 Å². The van der Waals surface area contributed by atoms with Crippen molar-refractivity contribution in [2.24, 2.45) is 0 Å². The summed E-state index contributed by atoms with van der Waals surface area (Å²) in [6.45, 7) is 6.95. The molecule has 1 aliphatic heterocycles. The van der Waals surface area contributed by atoms with E-state index in [1.165, 1.54) is 5.56 Å². The molecule has 0 radical (unpaired) electrons. The molecule has 0 bridgehead atoms. The van der Waals surface area contributed by atoms with Crippen molar-refractivity contribution < 1.29 is 9.53 Å². The number of hydrogen-bond acceptors (Lipinski definition) is 5. The lowest BCUT2D eigenvalue weighted by atomic mass is 10.1. The number of para-hydroxylation sites is 1. The zero-order valence-electron chi connectivity index (χ0n) is 18.1. The predicted octanol–water partition coefficient (Wildman–Crippen LogP) is 3.74. The van der Waals surface area contributed by atoms with Crippen molar-refractivity contribution in [1.82, 2.24) is 15.1 Å². The van der Waals surface area contributed by atoms with Gasteiger partial charge in [-0.3, -0.25) is 4.79 Å². The van der Waals surface area contributed by atoms with E-state index < -0.39 is 0 Å². The van der Waals surface area contributed by atoms with Crippen molar-refractivity contribution in [2.75, 3.05) is 37.7 Å². The molecular formula is C25H28N4O2. The summed E-state index contributed by atoms with van der Waals surface area (Å²) in [6, 6.07) is 20.2. The van der Waals surface area contributed by atoms with E-state index in [0.717, 1.165) is 47.9 Å². The second-order valence-corrected chi connectivity index (χ2v) is 7.75. The number of hydrogen-bond donors (Lipinski definition) is 0. The Kier molecular flexibility index (Phi) is 6.46. The van der Waals surface area contributed by atoms with Crippen molar-refractivity contribution in [3.05, 3.63) is 71.8 Å². The number of carbonyl (C=O) groups excluding carboxylic acids is 1. The molecule has 1 amide bonds. The van der Waals surface area contributed by atoms with Gasteiger partial charge in [0.05, 0.1) is 5.69 Å². The first-order valence-corrected chi connectivity index (χ1v) is 10.8. The minimum Gasteiger partial charge on any atom is -0.484 e. The van der Waals surface area contributed by atoms with Gasteiger partial charge in [-0.1, -0.05) is 49.4 Å². The summed E-state index contributed by atoms with van der Waals surface area (Å²) >= 11 is 0. The van der Waals surface area contributed by atoms with Crippen LogP contribution in [0.1, 0.15) is 18.1 Å². The lowest BCUT2D eigenvalue weighted by Gasteiger charge is -2.35. The summed E-state index contributed by atoms with van der Waals surface area (Å²) in [5.41, 5.74) is 4.28. The first kappa shape index (κ1) is 20.8. The van der Waals surface area contributed by atoms with E-state index in [1.807, 2.05) is 48.2 Å². The smallest absolute Gasteiger partial charge is 0.260 e. The van der Waals surface area contributed by atoms with Crippen LogP contribution in [-0.4, -0.2) is 53.8 Å². The van der Waals surface area contributed by atoms with E-state index in [-0.39, 0.29) is 12.5 Å². The molecule has 31 heavy (non-hydrogen) atoms. The molecule has 0 aliphatic carbocycles. The molecule has 0 N–H and O–H groups in total. The van der Waals surface area contributed by atoms with E-state index >= 15 is 0 Å². The second-order valence-electron chi connectivity index (χ2n) is 7.75. The highest BCUT2D eigenvalue weighted by atomic mass is 16.5. The Morgan fingerprint density at radius 3 is 2.32 bits per heavy atom. The number of aromatic nitrogens is 2. The molecule has 1 fully saturated rings. The summed E-state index contributed by atoms with van der Waals surface area (Å²) in [7, 11) is 0. The molecule has 3 aromatic rings. The molecule has 6 heteroatoms. The first-order valence-electron chi connectivity index (χ1n) is 10.8. The fourth-order valence-electron chi connectivity index (χ4n) is 3.69. The molecule has 1 aromatic heterocycles. The third kappa shape index (κ3) is 5.02. The molecule has 2 heterocycles. The Balaban J connectivity index is 1.30. The van der Waals surface area contributed by atoms with Gasteiger partial charge in [-0.15, -0.1) is 10.2 Å². The summed E-state index contributed by atoms with van der Waals surface area (Å²) in [6.07, 6.45) is 1.03. The Labute approximate surface area is 183 Å². The third-order valence-corrected chi connectivity index (χ3v) is 5.71. The Bertz CT molecular complexity index is 1010. The average Bonchev–Trinajstić information content (AvgIpc) is 2.84. The quantitative estimate of drug-likeness (QED) is 0.613. The van der Waals surface area contributed by atoms with Crippen LogP contribution in [0.25, 0.3) is 11.3 Å². The van der Waals surface area contributed by atoms with Crippen LogP contribution in [0.15, 0.2) is 60.7 Å². The number of aryl methyl sites for hydroxylation is 2. The van der Waals surface area contributed by atoms with Crippen LogP contribution in [0.2, 0.25) is 0 Å². The summed E-state index contributed by atoms with van der Waals surface area (Å²) < 4.78 is 5.71. The van der Waals surface area contributed by atoms with Crippen LogP contribution in [0, 0.1) is 6.92 Å². The van der Waals surface area contributed by atoms with Gasteiger partial charge in [0, 0.05) is 31.7 Å². The van der Waals surface area contributed by atoms with E-state index in [1.54, 1.807) is 0 Å².